The Bertz CT molecular complexity index is 1060. The van der Waals surface area contributed by atoms with E-state index in [1.54, 1.807) is 7.11 Å². The summed E-state index contributed by atoms with van der Waals surface area (Å²) in [6.45, 7) is 4.65. The van der Waals surface area contributed by atoms with E-state index in [1.807, 2.05) is 67.1 Å². The molecular weight excluding hydrogens is 378 g/mol. The maximum Gasteiger partial charge on any atom is 0.220 e. The van der Waals surface area contributed by atoms with E-state index in [0.717, 1.165) is 46.1 Å². The van der Waals surface area contributed by atoms with E-state index in [2.05, 4.69) is 5.32 Å². The minimum atomic E-state index is 0.00384. The minimum Gasteiger partial charge on any atom is -0.497 e. The van der Waals surface area contributed by atoms with Crippen LogP contribution in [0.5, 0.6) is 11.5 Å². The number of methoxy groups -OCH3 is 1. The molecule has 4 rings (SSSR count). The molecule has 0 saturated carbocycles. The highest BCUT2D eigenvalue weighted by atomic mass is 16.5. The molecule has 1 aromatic heterocycles. The highest BCUT2D eigenvalue weighted by molar-refractivity contribution is 5.77. The smallest absolute Gasteiger partial charge is 0.220 e. The molecule has 1 aliphatic rings. The second kappa shape index (κ2) is 8.61. The predicted octanol–water partition coefficient (Wildman–Crippen LogP) is 4.07. The van der Waals surface area contributed by atoms with E-state index in [4.69, 9.17) is 14.6 Å². The van der Waals surface area contributed by atoms with Crippen molar-refractivity contribution in [1.29, 1.82) is 0 Å². The van der Waals surface area contributed by atoms with Crippen molar-refractivity contribution in [2.75, 3.05) is 13.7 Å². The van der Waals surface area contributed by atoms with E-state index in [1.165, 1.54) is 0 Å². The fourth-order valence-corrected chi connectivity index (χ4v) is 4.03. The molecule has 156 valence electrons. The number of aromatic nitrogens is 2. The van der Waals surface area contributed by atoms with Crippen molar-refractivity contribution in [3.05, 3.63) is 71.0 Å². The topological polar surface area (TPSA) is 65.4 Å². The summed E-state index contributed by atoms with van der Waals surface area (Å²) in [5.41, 5.74) is 5.10. The largest absolute Gasteiger partial charge is 0.497 e. The summed E-state index contributed by atoms with van der Waals surface area (Å²) in [5.74, 6) is 1.70. The number of nitrogens with zero attached hydrogens (tertiary/aromatic N) is 2. The Morgan fingerprint density at radius 2 is 2.07 bits per heavy atom. The number of hydrogen-bond acceptors (Lipinski definition) is 4. The molecule has 6 heteroatoms. The van der Waals surface area contributed by atoms with Crippen LogP contribution in [0.25, 0.3) is 5.69 Å². The first-order valence-corrected chi connectivity index (χ1v) is 10.3. The number of carbonyl (C=O) groups excluding carboxylic acids is 1. The first kappa shape index (κ1) is 20.0. The van der Waals surface area contributed by atoms with Crippen LogP contribution in [0.4, 0.5) is 0 Å². The number of rotatable bonds is 6. The molecule has 0 spiro atoms. The molecule has 2 aromatic carbocycles. The summed E-state index contributed by atoms with van der Waals surface area (Å²) >= 11 is 0. The number of para-hydroxylation sites is 1. The summed E-state index contributed by atoms with van der Waals surface area (Å²) in [4.78, 5) is 12.7. The van der Waals surface area contributed by atoms with Gasteiger partial charge in [-0.15, -0.1) is 0 Å². The van der Waals surface area contributed by atoms with Crippen LogP contribution in [0.15, 0.2) is 48.5 Å². The Hall–Kier alpha value is -3.28. The first-order valence-electron chi connectivity index (χ1n) is 10.3. The molecule has 6 nitrogen and oxygen atoms in total. The Labute approximate surface area is 176 Å². The molecule has 0 saturated heterocycles. The van der Waals surface area contributed by atoms with Crippen molar-refractivity contribution < 1.29 is 14.3 Å². The number of ether oxygens (including phenoxy) is 2. The monoisotopic (exact) mass is 405 g/mol. The number of carbonyl (C=O) groups is 1. The van der Waals surface area contributed by atoms with Gasteiger partial charge in [-0.1, -0.05) is 24.3 Å². The highest BCUT2D eigenvalue weighted by Crippen LogP contribution is 2.31. The molecule has 1 N–H and O–H groups in total. The third-order valence-electron chi connectivity index (χ3n) is 5.63. The van der Waals surface area contributed by atoms with Gasteiger partial charge < -0.3 is 14.8 Å². The third-order valence-corrected chi connectivity index (χ3v) is 5.63. The Kier molecular flexibility index (Phi) is 5.74. The maximum absolute atomic E-state index is 12.7. The summed E-state index contributed by atoms with van der Waals surface area (Å²) in [7, 11) is 1.65. The third kappa shape index (κ3) is 4.03. The average Bonchev–Trinajstić information content (AvgIpc) is 3.06. The van der Waals surface area contributed by atoms with Gasteiger partial charge in [0.2, 0.25) is 5.91 Å². The molecule has 0 aliphatic carbocycles. The quantitative estimate of drug-likeness (QED) is 0.671. The lowest BCUT2D eigenvalue weighted by molar-refractivity contribution is -0.122. The lowest BCUT2D eigenvalue weighted by Crippen LogP contribution is -2.32. The number of hydrogen-bond donors (Lipinski definition) is 1. The molecule has 3 aromatic rings. The van der Waals surface area contributed by atoms with Crippen molar-refractivity contribution in [1.82, 2.24) is 15.1 Å². The summed E-state index contributed by atoms with van der Waals surface area (Å²) in [6, 6.07) is 15.7. The minimum absolute atomic E-state index is 0.00384. The van der Waals surface area contributed by atoms with E-state index < -0.39 is 0 Å². The zero-order valence-electron chi connectivity index (χ0n) is 17.6. The second-order valence-corrected chi connectivity index (χ2v) is 7.56. The standard InChI is InChI=1S/C24H27N3O3/c1-16-20(17(2)27(26-16)18-7-6-8-19(15-18)29-3)11-12-24(28)25-22-13-14-30-23-10-5-4-9-21(22)23/h4-10,15,22H,11-14H2,1-3H3,(H,25,28)/t22-/m0/s1. The SMILES string of the molecule is COc1cccc(-n2nc(C)c(CCC(=O)N[C@H]3CCOc4ccccc43)c2C)c1. The van der Waals surface area contributed by atoms with Gasteiger partial charge in [0, 0.05) is 30.2 Å². The normalized spacial score (nSPS) is 15.2. The van der Waals surface area contributed by atoms with Crippen LogP contribution in [0.2, 0.25) is 0 Å². The van der Waals surface area contributed by atoms with Crippen LogP contribution in [0, 0.1) is 13.8 Å². The molecular formula is C24H27N3O3. The predicted molar refractivity (Wildman–Crippen MR) is 115 cm³/mol. The summed E-state index contributed by atoms with van der Waals surface area (Å²) in [6.07, 6.45) is 1.86. The van der Waals surface area contributed by atoms with Crippen molar-refractivity contribution in [2.24, 2.45) is 0 Å². The van der Waals surface area contributed by atoms with Gasteiger partial charge in [-0.05, 0) is 44.0 Å². The van der Waals surface area contributed by atoms with Gasteiger partial charge in [-0.25, -0.2) is 4.68 Å². The molecule has 1 atom stereocenters. The first-order chi connectivity index (χ1) is 14.6. The lowest BCUT2D eigenvalue weighted by Gasteiger charge is -2.26. The molecule has 30 heavy (non-hydrogen) atoms. The second-order valence-electron chi connectivity index (χ2n) is 7.56. The molecule has 2 heterocycles. The Morgan fingerprint density at radius 1 is 1.23 bits per heavy atom. The highest BCUT2D eigenvalue weighted by Gasteiger charge is 2.23. The van der Waals surface area contributed by atoms with Crippen LogP contribution in [-0.4, -0.2) is 29.4 Å². The van der Waals surface area contributed by atoms with Crippen LogP contribution >= 0.6 is 0 Å². The van der Waals surface area contributed by atoms with Gasteiger partial charge >= 0.3 is 0 Å². The van der Waals surface area contributed by atoms with Gasteiger partial charge in [-0.2, -0.15) is 5.10 Å². The zero-order chi connectivity index (χ0) is 21.1. The lowest BCUT2D eigenvalue weighted by atomic mass is 10.00. The van der Waals surface area contributed by atoms with Crippen LogP contribution in [0.3, 0.4) is 0 Å². The molecule has 1 amide bonds. The molecule has 1 aliphatic heterocycles. The van der Waals surface area contributed by atoms with Crippen molar-refractivity contribution in [2.45, 2.75) is 39.2 Å². The summed E-state index contributed by atoms with van der Waals surface area (Å²) in [5, 5.41) is 7.87. The van der Waals surface area contributed by atoms with Crippen molar-refractivity contribution in [3.8, 4) is 17.2 Å². The van der Waals surface area contributed by atoms with Gasteiger partial charge in [-0.3, -0.25) is 4.79 Å². The fraction of sp³-hybridized carbons (Fsp3) is 0.333. The van der Waals surface area contributed by atoms with Crippen molar-refractivity contribution in [3.63, 3.8) is 0 Å². The van der Waals surface area contributed by atoms with E-state index in [9.17, 15) is 4.79 Å². The molecule has 0 bridgehead atoms. The number of aryl methyl sites for hydroxylation is 1. The summed E-state index contributed by atoms with van der Waals surface area (Å²) < 4.78 is 12.9. The molecule has 0 radical (unpaired) electrons. The number of benzene rings is 2. The zero-order valence-corrected chi connectivity index (χ0v) is 17.6. The van der Waals surface area contributed by atoms with E-state index in [0.29, 0.717) is 19.4 Å². The van der Waals surface area contributed by atoms with Crippen LogP contribution in [0.1, 0.15) is 41.4 Å². The van der Waals surface area contributed by atoms with E-state index >= 15 is 0 Å². The van der Waals surface area contributed by atoms with Gasteiger partial charge in [0.15, 0.2) is 0 Å². The van der Waals surface area contributed by atoms with Crippen LogP contribution < -0.4 is 14.8 Å². The Balaban J connectivity index is 1.44. The maximum atomic E-state index is 12.7. The van der Waals surface area contributed by atoms with Gasteiger partial charge in [0.1, 0.15) is 11.5 Å². The van der Waals surface area contributed by atoms with E-state index in [-0.39, 0.29) is 11.9 Å². The van der Waals surface area contributed by atoms with Gasteiger partial charge in [0.25, 0.3) is 0 Å². The number of amides is 1. The van der Waals surface area contributed by atoms with Crippen LogP contribution in [-0.2, 0) is 11.2 Å². The number of fused-ring (bicyclic) bond motifs is 1. The number of nitrogens with one attached hydrogen (secondary N) is 1. The fourth-order valence-electron chi connectivity index (χ4n) is 4.03. The average molecular weight is 405 g/mol. The Morgan fingerprint density at radius 3 is 2.90 bits per heavy atom. The molecule has 0 unspecified atom stereocenters. The van der Waals surface area contributed by atoms with Gasteiger partial charge in [0.05, 0.1) is 31.1 Å². The molecule has 0 fully saturated rings. The van der Waals surface area contributed by atoms with Crippen molar-refractivity contribution >= 4 is 5.91 Å².